The van der Waals surface area contributed by atoms with E-state index in [9.17, 15) is 32.3 Å². The topological polar surface area (TPSA) is 81.7 Å². The molecule has 6 nitrogen and oxygen atoms in total. The van der Waals surface area contributed by atoms with Crippen molar-refractivity contribution < 1.29 is 32.3 Å². The maximum Gasteiger partial charge on any atom is 0.393 e. The van der Waals surface area contributed by atoms with E-state index < -0.39 is 55.0 Å². The van der Waals surface area contributed by atoms with Crippen LogP contribution in [-0.4, -0.2) is 47.8 Å². The average molecular weight is 472 g/mol. The van der Waals surface area contributed by atoms with Gasteiger partial charge in [-0.05, 0) is 30.3 Å². The quantitative estimate of drug-likeness (QED) is 0.593. The van der Waals surface area contributed by atoms with Gasteiger partial charge < -0.3 is 20.6 Å². The summed E-state index contributed by atoms with van der Waals surface area (Å²) < 4.78 is 53.5. The lowest BCUT2D eigenvalue weighted by Gasteiger charge is -2.21. The van der Waals surface area contributed by atoms with E-state index in [1.807, 2.05) is 0 Å². The smallest absolute Gasteiger partial charge is 0.393 e. The van der Waals surface area contributed by atoms with Gasteiger partial charge in [-0.25, -0.2) is 9.18 Å². The van der Waals surface area contributed by atoms with Crippen LogP contribution in [0.15, 0.2) is 36.4 Å². The van der Waals surface area contributed by atoms with E-state index >= 15 is 0 Å². The van der Waals surface area contributed by atoms with Crippen LogP contribution < -0.4 is 10.6 Å². The number of anilines is 1. The zero-order chi connectivity index (χ0) is 23.2. The monoisotopic (exact) mass is 471 g/mol. The Morgan fingerprint density at radius 2 is 2.00 bits per heavy atom. The second-order valence-corrected chi connectivity index (χ2v) is 8.17. The highest BCUT2D eigenvalue weighted by Crippen LogP contribution is 2.40. The number of aliphatic hydroxyl groups excluding tert-OH is 1. The Kier molecular flexibility index (Phi) is 5.76. The number of hydrogen-bond acceptors (Lipinski definition) is 3. The van der Waals surface area contributed by atoms with E-state index in [4.69, 9.17) is 11.6 Å². The molecule has 1 saturated heterocycles. The lowest BCUT2D eigenvalue weighted by atomic mass is 9.96. The first-order chi connectivity index (χ1) is 15.1. The second kappa shape index (κ2) is 8.25. The van der Waals surface area contributed by atoms with Crippen LogP contribution in [0.1, 0.15) is 27.5 Å². The first kappa shape index (κ1) is 22.3. The minimum Gasteiger partial charge on any atom is -0.396 e. The molecule has 2 aromatic carbocycles. The van der Waals surface area contributed by atoms with Crippen LogP contribution in [0.2, 0.25) is 5.02 Å². The molecule has 0 bridgehead atoms. The van der Waals surface area contributed by atoms with Crippen molar-refractivity contribution in [1.82, 2.24) is 10.2 Å². The third-order valence-corrected chi connectivity index (χ3v) is 6.15. The van der Waals surface area contributed by atoms with Gasteiger partial charge in [-0.15, -0.1) is 0 Å². The van der Waals surface area contributed by atoms with Gasteiger partial charge in [0.1, 0.15) is 5.82 Å². The third-order valence-electron chi connectivity index (χ3n) is 5.81. The molecular weight excluding hydrogens is 454 g/mol. The summed E-state index contributed by atoms with van der Waals surface area (Å²) in [5.41, 5.74) is 1.03. The van der Waals surface area contributed by atoms with Crippen molar-refractivity contribution >= 4 is 29.2 Å². The lowest BCUT2D eigenvalue weighted by molar-refractivity contribution is -0.182. The summed E-state index contributed by atoms with van der Waals surface area (Å²) in [6.07, 6.45) is -4.55. The van der Waals surface area contributed by atoms with Crippen molar-refractivity contribution in [3.05, 3.63) is 63.9 Å². The summed E-state index contributed by atoms with van der Waals surface area (Å²) in [7, 11) is 0. The fourth-order valence-electron chi connectivity index (χ4n) is 4.22. The number of likely N-dealkylation sites (tertiary alicyclic amines) is 1. The van der Waals surface area contributed by atoms with Crippen LogP contribution in [0.3, 0.4) is 0 Å². The number of nitrogens with one attached hydrogen (secondary N) is 2. The summed E-state index contributed by atoms with van der Waals surface area (Å²) in [4.78, 5) is 26.2. The Hall–Kier alpha value is -2.85. The SMILES string of the molecule is O=C1N[C@@H](c2cc(F)ccc2Cl)c2c(NC(=O)N3C[C@H](CO)[C@@H](C(F)(F)F)C3)cccc21. The summed E-state index contributed by atoms with van der Waals surface area (Å²) in [6.45, 7) is -1.56. The summed E-state index contributed by atoms with van der Waals surface area (Å²) >= 11 is 6.20. The van der Waals surface area contributed by atoms with E-state index in [0.717, 1.165) is 4.90 Å². The van der Waals surface area contributed by atoms with Gasteiger partial charge in [-0.2, -0.15) is 13.2 Å². The molecule has 3 atom stereocenters. The van der Waals surface area contributed by atoms with Crippen molar-refractivity contribution in [2.24, 2.45) is 11.8 Å². The number of hydrogen-bond donors (Lipinski definition) is 3. The van der Waals surface area contributed by atoms with E-state index in [1.165, 1.54) is 36.4 Å². The lowest BCUT2D eigenvalue weighted by Crippen LogP contribution is -2.35. The van der Waals surface area contributed by atoms with Gasteiger partial charge in [0.05, 0.1) is 12.0 Å². The maximum absolute atomic E-state index is 13.8. The number of carbonyl (C=O) groups excluding carboxylic acids is 2. The molecule has 3 amide bonds. The van der Waals surface area contributed by atoms with E-state index in [1.54, 1.807) is 0 Å². The van der Waals surface area contributed by atoms with Crippen LogP contribution in [-0.2, 0) is 0 Å². The van der Waals surface area contributed by atoms with E-state index in [-0.39, 0.29) is 28.4 Å². The number of benzene rings is 2. The number of aliphatic hydroxyl groups is 1. The van der Waals surface area contributed by atoms with Gasteiger partial charge in [-0.1, -0.05) is 17.7 Å². The van der Waals surface area contributed by atoms with Gasteiger partial charge in [0.25, 0.3) is 5.91 Å². The van der Waals surface area contributed by atoms with Gasteiger partial charge in [-0.3, -0.25) is 4.79 Å². The van der Waals surface area contributed by atoms with Crippen molar-refractivity contribution in [2.75, 3.05) is 25.0 Å². The van der Waals surface area contributed by atoms with Gasteiger partial charge >= 0.3 is 12.2 Å². The molecule has 3 N–H and O–H groups in total. The van der Waals surface area contributed by atoms with Crippen molar-refractivity contribution in [1.29, 1.82) is 0 Å². The first-order valence-corrected chi connectivity index (χ1v) is 10.1. The fraction of sp³-hybridized carbons (Fsp3) is 0.333. The molecule has 0 aliphatic carbocycles. The summed E-state index contributed by atoms with van der Waals surface area (Å²) in [5.74, 6) is -3.98. The fourth-order valence-corrected chi connectivity index (χ4v) is 4.45. The molecule has 0 aromatic heterocycles. The molecule has 0 saturated carbocycles. The molecule has 1 fully saturated rings. The second-order valence-electron chi connectivity index (χ2n) is 7.77. The van der Waals surface area contributed by atoms with Crippen LogP contribution in [0, 0.1) is 17.7 Å². The Balaban J connectivity index is 1.64. The highest BCUT2D eigenvalue weighted by Gasteiger charge is 2.50. The molecule has 0 radical (unpaired) electrons. The van der Waals surface area contributed by atoms with Crippen molar-refractivity contribution in [3.8, 4) is 0 Å². The molecule has 0 unspecified atom stereocenters. The minimum atomic E-state index is -4.55. The molecule has 2 aliphatic rings. The van der Waals surface area contributed by atoms with Crippen LogP contribution >= 0.6 is 11.6 Å². The number of alkyl halides is 3. The number of halogens is 5. The molecule has 32 heavy (non-hydrogen) atoms. The number of urea groups is 1. The number of amides is 3. The predicted molar refractivity (Wildman–Crippen MR) is 108 cm³/mol. The molecule has 2 aromatic rings. The number of rotatable bonds is 3. The highest BCUT2D eigenvalue weighted by atomic mass is 35.5. The molecule has 2 heterocycles. The molecule has 170 valence electrons. The van der Waals surface area contributed by atoms with Gasteiger partial charge in [0.2, 0.25) is 0 Å². The Morgan fingerprint density at radius 3 is 2.66 bits per heavy atom. The third kappa shape index (κ3) is 4.00. The molecule has 0 spiro atoms. The average Bonchev–Trinajstić information content (AvgIpc) is 3.32. The molecule has 4 rings (SSSR count). The number of fused-ring (bicyclic) bond motifs is 1. The normalized spacial score (nSPS) is 22.6. The Bertz CT molecular complexity index is 1080. The van der Waals surface area contributed by atoms with Crippen LogP contribution in [0.4, 0.5) is 28.0 Å². The van der Waals surface area contributed by atoms with Gasteiger partial charge in [0.15, 0.2) is 0 Å². The Labute approximate surface area is 185 Å². The molecule has 11 heteroatoms. The van der Waals surface area contributed by atoms with Crippen LogP contribution in [0.25, 0.3) is 0 Å². The molecular formula is C21H18ClF4N3O3. The summed E-state index contributed by atoms with van der Waals surface area (Å²) in [6, 6.07) is 6.55. The zero-order valence-electron chi connectivity index (χ0n) is 16.4. The van der Waals surface area contributed by atoms with E-state index in [0.29, 0.717) is 5.56 Å². The Morgan fingerprint density at radius 1 is 1.25 bits per heavy atom. The van der Waals surface area contributed by atoms with Gasteiger partial charge in [0, 0.05) is 53.0 Å². The standard InChI is InChI=1S/C21H18ClF4N3O3/c22-15-5-4-11(23)6-13(15)18-17-12(19(31)28-18)2-1-3-16(17)27-20(32)29-7-10(9-30)14(8-29)21(24,25)26/h1-6,10,14,18,30H,7-9H2,(H,27,32)(H,28,31)/t10-,14+,18+/m1/s1. The summed E-state index contributed by atoms with van der Waals surface area (Å²) in [5, 5.41) is 14.8. The molecule has 2 aliphatic heterocycles. The number of nitrogens with zero attached hydrogens (tertiary/aromatic N) is 1. The van der Waals surface area contributed by atoms with E-state index in [2.05, 4.69) is 10.6 Å². The minimum absolute atomic E-state index is 0.187. The first-order valence-electron chi connectivity index (χ1n) is 9.72. The largest absolute Gasteiger partial charge is 0.396 e. The highest BCUT2D eigenvalue weighted by molar-refractivity contribution is 6.31. The predicted octanol–water partition coefficient (Wildman–Crippen LogP) is 3.95. The van der Waals surface area contributed by atoms with Crippen LogP contribution in [0.5, 0.6) is 0 Å². The zero-order valence-corrected chi connectivity index (χ0v) is 17.2. The van der Waals surface area contributed by atoms with Crippen molar-refractivity contribution in [2.45, 2.75) is 12.2 Å². The number of carbonyl (C=O) groups is 2. The van der Waals surface area contributed by atoms with Crippen molar-refractivity contribution in [3.63, 3.8) is 0 Å². The maximum atomic E-state index is 13.8.